The second kappa shape index (κ2) is 8.88. The van der Waals surface area contributed by atoms with Crippen molar-refractivity contribution < 1.29 is 10.2 Å². The molecule has 0 aliphatic carbocycles. The second-order valence-corrected chi connectivity index (χ2v) is 11.3. The van der Waals surface area contributed by atoms with Crippen LogP contribution in [0.5, 0.6) is 0 Å². The number of aliphatic hydroxyl groups is 2. The Kier molecular flexibility index (Phi) is 7.17. The van der Waals surface area contributed by atoms with Gasteiger partial charge in [-0.25, -0.2) is 0 Å². The summed E-state index contributed by atoms with van der Waals surface area (Å²) in [5.41, 5.74) is 2.14. The fourth-order valence-corrected chi connectivity index (χ4v) is 9.66. The molecule has 0 unspecified atom stereocenters. The Morgan fingerprint density at radius 2 is 1.09 bits per heavy atom. The average molecular weight is 428 g/mol. The van der Waals surface area contributed by atoms with Gasteiger partial charge in [-0.3, -0.25) is 0 Å². The molecule has 0 saturated heterocycles. The third-order valence-electron chi connectivity index (χ3n) is 3.55. The van der Waals surface area contributed by atoms with Crippen molar-refractivity contribution in [1.29, 1.82) is 0 Å². The van der Waals surface area contributed by atoms with Crippen LogP contribution in [0.3, 0.4) is 0 Å². The molecule has 0 aromatic heterocycles. The van der Waals surface area contributed by atoms with E-state index >= 15 is 0 Å². The van der Waals surface area contributed by atoms with Crippen molar-refractivity contribution in [3.05, 3.63) is 59.7 Å². The third kappa shape index (κ3) is 4.45. The molecule has 0 heterocycles. The molecule has 0 aliphatic rings. The van der Waals surface area contributed by atoms with E-state index in [2.05, 4.69) is 12.1 Å². The van der Waals surface area contributed by atoms with Crippen molar-refractivity contribution in [3.8, 4) is 0 Å². The third-order valence-corrected chi connectivity index (χ3v) is 10.9. The molecule has 118 valence electrons. The molecule has 2 aromatic rings. The molecule has 0 fully saturated rings. The summed E-state index contributed by atoms with van der Waals surface area (Å²) in [6.07, 6.45) is 0.743. The van der Waals surface area contributed by atoms with Gasteiger partial charge >= 0.3 is 144 Å². The molecule has 2 nitrogen and oxygen atoms in total. The Bertz CT molecular complexity index is 548. The predicted molar refractivity (Wildman–Crippen MR) is 94.2 cm³/mol. The molecular formula is C18H22O2Se2. The van der Waals surface area contributed by atoms with Gasteiger partial charge in [0.1, 0.15) is 0 Å². The monoisotopic (exact) mass is 430 g/mol. The van der Waals surface area contributed by atoms with E-state index in [9.17, 15) is 10.2 Å². The van der Waals surface area contributed by atoms with Crippen LogP contribution in [0.15, 0.2) is 48.5 Å². The minimum absolute atomic E-state index is 0.309. The van der Waals surface area contributed by atoms with E-state index < -0.39 is 0 Å². The van der Waals surface area contributed by atoms with Gasteiger partial charge in [-0.15, -0.1) is 0 Å². The molecule has 0 amide bonds. The summed E-state index contributed by atoms with van der Waals surface area (Å²) in [6.45, 7) is 4.01. The van der Waals surface area contributed by atoms with Crippen molar-refractivity contribution in [2.75, 3.05) is 0 Å². The van der Waals surface area contributed by atoms with E-state index in [-0.39, 0.29) is 12.2 Å². The first kappa shape index (κ1) is 17.7. The number of rotatable bonds is 7. The molecule has 2 aromatic carbocycles. The van der Waals surface area contributed by atoms with Crippen molar-refractivity contribution in [2.24, 2.45) is 0 Å². The first-order valence-corrected chi connectivity index (χ1v) is 13.6. The van der Waals surface area contributed by atoms with Crippen LogP contribution >= 0.6 is 0 Å². The SMILES string of the molecule is CC[C@@H](O)c1ccccc1[Se][Se]c1ccccc1[C@H](O)CC. The van der Waals surface area contributed by atoms with Crippen LogP contribution in [-0.4, -0.2) is 36.5 Å². The van der Waals surface area contributed by atoms with E-state index in [4.69, 9.17) is 0 Å². The summed E-state index contributed by atoms with van der Waals surface area (Å²) in [6, 6.07) is 16.4. The first-order valence-electron chi connectivity index (χ1n) is 7.55. The second-order valence-electron chi connectivity index (χ2n) is 5.09. The predicted octanol–water partition coefficient (Wildman–Crippen LogP) is 1.85. The Balaban J connectivity index is 2.18. The topological polar surface area (TPSA) is 40.5 Å². The van der Waals surface area contributed by atoms with Gasteiger partial charge in [-0.05, 0) is 0 Å². The molecule has 2 rings (SSSR count). The van der Waals surface area contributed by atoms with E-state index in [1.807, 2.05) is 50.2 Å². The maximum atomic E-state index is 10.2. The summed E-state index contributed by atoms with van der Waals surface area (Å²) in [5.74, 6) is 0. The van der Waals surface area contributed by atoms with Crippen LogP contribution in [0, 0.1) is 0 Å². The fourth-order valence-electron chi connectivity index (χ4n) is 2.19. The first-order chi connectivity index (χ1) is 10.7. The van der Waals surface area contributed by atoms with Gasteiger partial charge in [0.2, 0.25) is 0 Å². The molecule has 0 spiro atoms. The molecule has 0 radical (unpaired) electrons. The summed E-state index contributed by atoms with van der Waals surface area (Å²) in [4.78, 5) is 0. The van der Waals surface area contributed by atoms with Crippen LogP contribution in [0.2, 0.25) is 0 Å². The van der Waals surface area contributed by atoms with Crippen LogP contribution in [-0.2, 0) is 0 Å². The zero-order valence-electron chi connectivity index (χ0n) is 12.9. The molecule has 4 heteroatoms. The van der Waals surface area contributed by atoms with Crippen molar-refractivity contribution >= 4 is 35.2 Å². The maximum absolute atomic E-state index is 10.2. The summed E-state index contributed by atoms with van der Waals surface area (Å²) < 4.78 is 2.57. The molecule has 22 heavy (non-hydrogen) atoms. The molecule has 2 atom stereocenters. The van der Waals surface area contributed by atoms with Crippen LogP contribution in [0.25, 0.3) is 0 Å². The Morgan fingerprint density at radius 3 is 1.45 bits per heavy atom. The number of aliphatic hydroxyl groups excluding tert-OH is 2. The van der Waals surface area contributed by atoms with Crippen LogP contribution < -0.4 is 8.92 Å². The van der Waals surface area contributed by atoms with Gasteiger partial charge in [0.25, 0.3) is 0 Å². The van der Waals surface area contributed by atoms with Crippen molar-refractivity contribution in [1.82, 2.24) is 0 Å². The molecular weight excluding hydrogens is 406 g/mol. The van der Waals surface area contributed by atoms with Crippen molar-refractivity contribution in [2.45, 2.75) is 38.9 Å². The molecule has 0 bridgehead atoms. The van der Waals surface area contributed by atoms with E-state index in [1.165, 1.54) is 8.92 Å². The van der Waals surface area contributed by atoms with Crippen molar-refractivity contribution in [3.63, 3.8) is 0 Å². The molecule has 0 aliphatic heterocycles. The Labute approximate surface area is 143 Å². The quantitative estimate of drug-likeness (QED) is 0.662. The Morgan fingerprint density at radius 1 is 0.727 bits per heavy atom. The summed E-state index contributed by atoms with van der Waals surface area (Å²) in [7, 11) is 0. The zero-order valence-corrected chi connectivity index (χ0v) is 16.3. The van der Waals surface area contributed by atoms with Gasteiger partial charge in [0.15, 0.2) is 0 Å². The average Bonchev–Trinajstić information content (AvgIpc) is 2.59. The van der Waals surface area contributed by atoms with Gasteiger partial charge < -0.3 is 0 Å². The minimum atomic E-state index is -0.370. The standard InChI is InChI=1S/C18H22O2Se2/c1-3-15(19)13-9-5-7-11-17(13)21-22-18-12-8-6-10-14(18)16(20)4-2/h5-12,15-16,19-20H,3-4H2,1-2H3/t15-,16-/m1/s1. The van der Waals surface area contributed by atoms with E-state index in [0.29, 0.717) is 26.3 Å². The van der Waals surface area contributed by atoms with Crippen LogP contribution in [0.1, 0.15) is 50.0 Å². The number of hydrogen-bond donors (Lipinski definition) is 2. The molecule has 2 N–H and O–H groups in total. The van der Waals surface area contributed by atoms with E-state index in [0.717, 1.165) is 24.0 Å². The summed E-state index contributed by atoms with van der Waals surface area (Å²) >= 11 is 0.618. The fraction of sp³-hybridized carbons (Fsp3) is 0.333. The zero-order chi connectivity index (χ0) is 15.9. The van der Waals surface area contributed by atoms with E-state index in [1.54, 1.807) is 0 Å². The molecule has 0 saturated carbocycles. The van der Waals surface area contributed by atoms with Crippen LogP contribution in [0.4, 0.5) is 0 Å². The Hall–Kier alpha value is -0.601. The van der Waals surface area contributed by atoms with Gasteiger partial charge in [-0.1, -0.05) is 0 Å². The van der Waals surface area contributed by atoms with Gasteiger partial charge in [0, 0.05) is 0 Å². The van der Waals surface area contributed by atoms with Gasteiger partial charge in [-0.2, -0.15) is 0 Å². The number of benzene rings is 2. The normalized spacial score (nSPS) is 13.8. The number of hydrogen-bond acceptors (Lipinski definition) is 2. The van der Waals surface area contributed by atoms with Gasteiger partial charge in [0.05, 0.1) is 0 Å². The summed E-state index contributed by atoms with van der Waals surface area (Å²) in [5, 5.41) is 20.3.